The number of nitrogens with zero attached hydrogens (tertiary/aromatic N) is 4. The molecule has 4 aromatic rings. The highest BCUT2D eigenvalue weighted by molar-refractivity contribution is 7.99. The molecule has 0 aliphatic rings. The van der Waals surface area contributed by atoms with Gasteiger partial charge in [-0.05, 0) is 42.6 Å². The van der Waals surface area contributed by atoms with E-state index in [-0.39, 0.29) is 5.25 Å². The van der Waals surface area contributed by atoms with E-state index in [9.17, 15) is 0 Å². The van der Waals surface area contributed by atoms with Crippen molar-refractivity contribution in [2.24, 2.45) is 0 Å². The third-order valence-corrected chi connectivity index (χ3v) is 5.32. The topological polar surface area (TPSA) is 87.1 Å². The molecule has 9 heteroatoms. The molecule has 26 heavy (non-hydrogen) atoms. The molecular weight excluding hydrogens is 372 g/mol. The largest absolute Gasteiger partial charge is 0.497 e. The molecule has 0 saturated heterocycles. The lowest BCUT2D eigenvalue weighted by atomic mass is 10.2. The number of hydrogen-bond donors (Lipinski definition) is 0. The van der Waals surface area contributed by atoms with Crippen LogP contribution in [0.5, 0.6) is 5.75 Å². The summed E-state index contributed by atoms with van der Waals surface area (Å²) in [6.45, 7) is 1.95. The second kappa shape index (κ2) is 7.30. The molecule has 7 nitrogen and oxygen atoms in total. The van der Waals surface area contributed by atoms with Crippen LogP contribution in [-0.4, -0.2) is 27.5 Å². The third-order valence-electron chi connectivity index (χ3n) is 3.54. The van der Waals surface area contributed by atoms with Crippen molar-refractivity contribution in [1.29, 1.82) is 0 Å². The molecule has 0 N–H and O–H groups in total. The molecule has 1 atom stereocenters. The molecule has 0 unspecified atom stereocenters. The van der Waals surface area contributed by atoms with Crippen molar-refractivity contribution in [2.75, 3.05) is 7.11 Å². The smallest absolute Gasteiger partial charge is 0.277 e. The Balaban J connectivity index is 1.46. The van der Waals surface area contributed by atoms with Gasteiger partial charge in [0.2, 0.25) is 11.8 Å². The zero-order valence-corrected chi connectivity index (χ0v) is 15.6. The fourth-order valence-electron chi connectivity index (χ4n) is 2.21. The molecule has 0 radical (unpaired) electrons. The molecule has 3 aromatic heterocycles. The minimum absolute atomic E-state index is 0.111. The van der Waals surface area contributed by atoms with Gasteiger partial charge in [-0.25, -0.2) is 0 Å². The van der Waals surface area contributed by atoms with Gasteiger partial charge < -0.3 is 13.6 Å². The molecule has 0 amide bonds. The summed E-state index contributed by atoms with van der Waals surface area (Å²) < 4.78 is 16.6. The number of thioether (sulfide) groups is 1. The van der Waals surface area contributed by atoms with E-state index in [0.717, 1.165) is 16.2 Å². The molecular formula is C17H14N4O3S2. The molecule has 0 saturated carbocycles. The molecule has 0 bridgehead atoms. The van der Waals surface area contributed by atoms with Crippen LogP contribution in [0, 0.1) is 0 Å². The van der Waals surface area contributed by atoms with Gasteiger partial charge in [0.15, 0.2) is 0 Å². The zero-order valence-electron chi connectivity index (χ0n) is 13.9. The van der Waals surface area contributed by atoms with Crippen LogP contribution in [0.15, 0.2) is 55.8 Å². The van der Waals surface area contributed by atoms with Crippen LogP contribution in [0.3, 0.4) is 0 Å². The quantitative estimate of drug-likeness (QED) is 0.440. The van der Waals surface area contributed by atoms with E-state index >= 15 is 0 Å². The molecule has 0 aliphatic carbocycles. The minimum atomic E-state index is -0.111. The van der Waals surface area contributed by atoms with Gasteiger partial charge in [0.25, 0.3) is 11.1 Å². The molecule has 1 aromatic carbocycles. The van der Waals surface area contributed by atoms with Crippen molar-refractivity contribution in [3.05, 3.63) is 47.7 Å². The Kier molecular flexibility index (Phi) is 4.72. The molecule has 3 heterocycles. The Bertz CT molecular complexity index is 980. The second-order valence-electron chi connectivity index (χ2n) is 5.28. The number of rotatable bonds is 6. The van der Waals surface area contributed by atoms with Gasteiger partial charge in [-0.1, -0.05) is 17.8 Å². The normalized spacial score (nSPS) is 12.2. The van der Waals surface area contributed by atoms with Gasteiger partial charge >= 0.3 is 0 Å². The predicted molar refractivity (Wildman–Crippen MR) is 98.2 cm³/mol. The molecule has 0 spiro atoms. The highest BCUT2D eigenvalue weighted by atomic mass is 32.2. The van der Waals surface area contributed by atoms with Gasteiger partial charge in [0.1, 0.15) is 5.75 Å². The Hall–Kier alpha value is -2.65. The SMILES string of the molecule is COc1ccc(-c2nnc(S[C@@H](C)c3nnc(-c4cccs4)o3)o2)cc1. The second-order valence-corrected chi connectivity index (χ2v) is 7.52. The predicted octanol–water partition coefficient (Wildman–Crippen LogP) is 4.71. The molecule has 4 rings (SSSR count). The van der Waals surface area contributed by atoms with Crippen molar-refractivity contribution < 1.29 is 13.6 Å². The van der Waals surface area contributed by atoms with Gasteiger partial charge in [0.05, 0.1) is 17.2 Å². The standard InChI is InChI=1S/C17H14N4O3S2/c1-10(14-18-20-16(23-14)13-4-3-9-25-13)26-17-21-19-15(24-17)11-5-7-12(22-2)8-6-11/h3-10H,1-2H3/t10-/m0/s1. The fourth-order valence-corrected chi connectivity index (χ4v) is 3.57. The lowest BCUT2D eigenvalue weighted by Gasteiger charge is -2.01. The maximum Gasteiger partial charge on any atom is 0.277 e. The van der Waals surface area contributed by atoms with Crippen molar-refractivity contribution in [3.8, 4) is 28.0 Å². The average molecular weight is 386 g/mol. The highest BCUT2D eigenvalue weighted by Crippen LogP contribution is 2.36. The average Bonchev–Trinajstić information content (AvgIpc) is 3.41. The zero-order chi connectivity index (χ0) is 17.9. The summed E-state index contributed by atoms with van der Waals surface area (Å²) in [6.07, 6.45) is 0. The van der Waals surface area contributed by atoms with Gasteiger partial charge in [0, 0.05) is 5.56 Å². The summed E-state index contributed by atoms with van der Waals surface area (Å²) in [6, 6.07) is 11.3. The Labute approximate surface area is 157 Å². The first kappa shape index (κ1) is 16.8. The monoisotopic (exact) mass is 386 g/mol. The molecule has 0 fully saturated rings. The van der Waals surface area contributed by atoms with Crippen LogP contribution < -0.4 is 4.74 Å². The summed E-state index contributed by atoms with van der Waals surface area (Å²) in [5.74, 6) is 2.26. The Morgan fingerprint density at radius 2 is 1.81 bits per heavy atom. The highest BCUT2D eigenvalue weighted by Gasteiger charge is 2.20. The van der Waals surface area contributed by atoms with Crippen LogP contribution in [0.2, 0.25) is 0 Å². The summed E-state index contributed by atoms with van der Waals surface area (Å²) in [5.41, 5.74) is 0.829. The van der Waals surface area contributed by atoms with E-state index in [2.05, 4.69) is 20.4 Å². The van der Waals surface area contributed by atoms with Crippen molar-refractivity contribution in [3.63, 3.8) is 0 Å². The van der Waals surface area contributed by atoms with Gasteiger partial charge in [-0.2, -0.15) is 0 Å². The number of methoxy groups -OCH3 is 1. The Morgan fingerprint density at radius 1 is 1.00 bits per heavy atom. The van der Waals surface area contributed by atoms with E-state index in [1.807, 2.05) is 48.7 Å². The maximum absolute atomic E-state index is 5.74. The Morgan fingerprint density at radius 3 is 2.54 bits per heavy atom. The van der Waals surface area contributed by atoms with E-state index in [4.69, 9.17) is 13.6 Å². The minimum Gasteiger partial charge on any atom is -0.497 e. The van der Waals surface area contributed by atoms with Crippen LogP contribution in [0.4, 0.5) is 0 Å². The first-order valence-corrected chi connectivity index (χ1v) is 9.50. The van der Waals surface area contributed by atoms with Crippen molar-refractivity contribution in [1.82, 2.24) is 20.4 Å². The first-order chi connectivity index (χ1) is 12.7. The van der Waals surface area contributed by atoms with Crippen LogP contribution in [0.1, 0.15) is 18.1 Å². The van der Waals surface area contributed by atoms with Crippen LogP contribution in [0.25, 0.3) is 22.2 Å². The summed E-state index contributed by atoms with van der Waals surface area (Å²) in [5, 5.41) is 18.7. The van der Waals surface area contributed by atoms with E-state index in [1.165, 1.54) is 11.8 Å². The lowest BCUT2D eigenvalue weighted by Crippen LogP contribution is -1.88. The summed E-state index contributed by atoms with van der Waals surface area (Å²) in [4.78, 5) is 0.945. The fraction of sp³-hybridized carbons (Fsp3) is 0.176. The van der Waals surface area contributed by atoms with Crippen LogP contribution >= 0.6 is 23.1 Å². The number of aromatic nitrogens is 4. The molecule has 0 aliphatic heterocycles. The van der Waals surface area contributed by atoms with Crippen molar-refractivity contribution in [2.45, 2.75) is 17.4 Å². The maximum atomic E-state index is 5.74. The number of ether oxygens (including phenoxy) is 1. The first-order valence-electron chi connectivity index (χ1n) is 7.75. The lowest BCUT2D eigenvalue weighted by molar-refractivity contribution is 0.414. The summed E-state index contributed by atoms with van der Waals surface area (Å²) in [7, 11) is 1.62. The van der Waals surface area contributed by atoms with E-state index in [1.54, 1.807) is 18.4 Å². The summed E-state index contributed by atoms with van der Waals surface area (Å²) >= 11 is 2.93. The number of benzene rings is 1. The van der Waals surface area contributed by atoms with E-state index in [0.29, 0.717) is 22.9 Å². The van der Waals surface area contributed by atoms with Crippen LogP contribution in [-0.2, 0) is 0 Å². The number of thiophene rings is 1. The number of hydrogen-bond acceptors (Lipinski definition) is 9. The van der Waals surface area contributed by atoms with Gasteiger partial charge in [-0.15, -0.1) is 31.7 Å². The van der Waals surface area contributed by atoms with Crippen molar-refractivity contribution >= 4 is 23.1 Å². The third kappa shape index (κ3) is 3.49. The molecule has 132 valence electrons. The van der Waals surface area contributed by atoms with E-state index < -0.39 is 0 Å². The van der Waals surface area contributed by atoms with Gasteiger partial charge in [-0.3, -0.25) is 0 Å².